The van der Waals surface area contributed by atoms with Crippen LogP contribution in [0.4, 0.5) is 0 Å². The van der Waals surface area contributed by atoms with Crippen molar-refractivity contribution in [2.75, 3.05) is 6.61 Å². The van der Waals surface area contributed by atoms with Crippen molar-refractivity contribution in [3.8, 4) is 23.7 Å². The zero-order valence-electron chi connectivity index (χ0n) is 12.6. The fourth-order valence-corrected chi connectivity index (χ4v) is 1.83. The van der Waals surface area contributed by atoms with Gasteiger partial charge in [-0.25, -0.2) is 4.79 Å². The van der Waals surface area contributed by atoms with E-state index >= 15 is 0 Å². The highest BCUT2D eigenvalue weighted by Gasteiger charge is 2.04. The Labute approximate surface area is 131 Å². The van der Waals surface area contributed by atoms with Gasteiger partial charge >= 0.3 is 5.97 Å². The lowest BCUT2D eigenvalue weighted by molar-refractivity contribution is 0.0526. The van der Waals surface area contributed by atoms with Crippen LogP contribution in [0, 0.1) is 23.7 Å². The maximum Gasteiger partial charge on any atom is 0.338 e. The molecule has 0 bridgehead atoms. The number of carbonyl (C=O) groups excluding carboxylic acids is 1. The smallest absolute Gasteiger partial charge is 0.338 e. The van der Waals surface area contributed by atoms with Crippen molar-refractivity contribution < 1.29 is 9.53 Å². The minimum absolute atomic E-state index is 0.311. The monoisotopic (exact) mass is 288 g/mol. The summed E-state index contributed by atoms with van der Waals surface area (Å²) in [7, 11) is 0. The highest BCUT2D eigenvalue weighted by molar-refractivity contribution is 5.89. The van der Waals surface area contributed by atoms with E-state index in [4.69, 9.17) is 4.74 Å². The van der Waals surface area contributed by atoms with Crippen LogP contribution in [0.25, 0.3) is 0 Å². The molecule has 2 rings (SSSR count). The second kappa shape index (κ2) is 7.72. The Morgan fingerprint density at radius 2 is 1.32 bits per heavy atom. The standard InChI is InChI=1S/C20H16O2/c1-3-5-16-6-8-17(9-7-16)10-11-18-12-14-19(15-13-18)20(21)22-4-2/h6-9,12-15H,4H2,1-2H3. The van der Waals surface area contributed by atoms with E-state index in [9.17, 15) is 4.79 Å². The molecule has 0 atom stereocenters. The molecule has 0 saturated heterocycles. The molecule has 0 amide bonds. The van der Waals surface area contributed by atoms with E-state index in [1.54, 1.807) is 19.1 Å². The summed E-state index contributed by atoms with van der Waals surface area (Å²) in [5, 5.41) is 0. The summed E-state index contributed by atoms with van der Waals surface area (Å²) in [4.78, 5) is 11.6. The van der Waals surface area contributed by atoms with Gasteiger partial charge in [-0.3, -0.25) is 0 Å². The number of rotatable bonds is 2. The van der Waals surface area contributed by atoms with Gasteiger partial charge in [0.25, 0.3) is 0 Å². The Morgan fingerprint density at radius 1 is 0.864 bits per heavy atom. The summed E-state index contributed by atoms with van der Waals surface area (Å²) in [6.45, 7) is 3.97. The third kappa shape index (κ3) is 4.27. The van der Waals surface area contributed by atoms with Crippen molar-refractivity contribution >= 4 is 5.97 Å². The molecule has 0 fully saturated rings. The molecule has 0 unspecified atom stereocenters. The van der Waals surface area contributed by atoms with E-state index in [-0.39, 0.29) is 5.97 Å². The second-order valence-electron chi connectivity index (χ2n) is 4.50. The first-order valence-electron chi connectivity index (χ1n) is 7.05. The molecule has 0 aliphatic rings. The van der Waals surface area contributed by atoms with Crippen LogP contribution in [0.2, 0.25) is 0 Å². The summed E-state index contributed by atoms with van der Waals surface area (Å²) in [6, 6.07) is 14.9. The number of benzene rings is 2. The largest absolute Gasteiger partial charge is 0.462 e. The van der Waals surface area contributed by atoms with Crippen molar-refractivity contribution in [3.63, 3.8) is 0 Å². The van der Waals surface area contributed by atoms with Crippen LogP contribution in [0.15, 0.2) is 48.5 Å². The molecule has 2 heteroatoms. The van der Waals surface area contributed by atoms with Gasteiger partial charge < -0.3 is 4.74 Å². The average Bonchev–Trinajstić information content (AvgIpc) is 2.55. The van der Waals surface area contributed by atoms with Gasteiger partial charge in [-0.2, -0.15) is 0 Å². The first kappa shape index (κ1) is 15.4. The van der Waals surface area contributed by atoms with Gasteiger partial charge in [0.15, 0.2) is 0 Å². The van der Waals surface area contributed by atoms with E-state index in [2.05, 4.69) is 23.7 Å². The molecule has 2 nitrogen and oxygen atoms in total. The SMILES string of the molecule is CC#Cc1ccc(C#Cc2ccc(C(=O)OCC)cc2)cc1. The molecule has 0 aliphatic carbocycles. The number of hydrogen-bond acceptors (Lipinski definition) is 2. The molecule has 108 valence electrons. The van der Waals surface area contributed by atoms with Crippen LogP contribution in [-0.2, 0) is 4.74 Å². The summed E-state index contributed by atoms with van der Waals surface area (Å²) < 4.78 is 4.94. The lowest BCUT2D eigenvalue weighted by Crippen LogP contribution is -2.04. The van der Waals surface area contributed by atoms with Crippen LogP contribution >= 0.6 is 0 Å². The number of esters is 1. The van der Waals surface area contributed by atoms with Crippen molar-refractivity contribution in [1.82, 2.24) is 0 Å². The van der Waals surface area contributed by atoms with Crippen LogP contribution in [0.1, 0.15) is 40.9 Å². The first-order valence-corrected chi connectivity index (χ1v) is 7.05. The molecule has 0 N–H and O–H groups in total. The van der Waals surface area contributed by atoms with Gasteiger partial charge in [0.2, 0.25) is 0 Å². The lowest BCUT2D eigenvalue weighted by atomic mass is 10.1. The van der Waals surface area contributed by atoms with Crippen LogP contribution in [0.5, 0.6) is 0 Å². The molecule has 2 aromatic carbocycles. The average molecular weight is 288 g/mol. The fraction of sp³-hybridized carbons (Fsp3) is 0.150. The minimum Gasteiger partial charge on any atom is -0.462 e. The van der Waals surface area contributed by atoms with Gasteiger partial charge in [-0.1, -0.05) is 17.8 Å². The summed E-state index contributed by atoms with van der Waals surface area (Å²) >= 11 is 0. The number of hydrogen-bond donors (Lipinski definition) is 0. The Morgan fingerprint density at radius 3 is 1.77 bits per heavy atom. The topological polar surface area (TPSA) is 26.3 Å². The van der Waals surface area contributed by atoms with E-state index < -0.39 is 0 Å². The molecule has 0 saturated carbocycles. The first-order chi connectivity index (χ1) is 10.7. The summed E-state index contributed by atoms with van der Waals surface area (Å²) in [5.74, 6) is 11.7. The third-order valence-corrected chi connectivity index (χ3v) is 2.90. The van der Waals surface area contributed by atoms with Crippen molar-refractivity contribution in [2.24, 2.45) is 0 Å². The van der Waals surface area contributed by atoms with Crippen molar-refractivity contribution in [3.05, 3.63) is 70.8 Å². The second-order valence-corrected chi connectivity index (χ2v) is 4.50. The van der Waals surface area contributed by atoms with E-state index in [0.717, 1.165) is 16.7 Å². The van der Waals surface area contributed by atoms with Crippen LogP contribution in [-0.4, -0.2) is 12.6 Å². The Balaban J connectivity index is 2.10. The molecule has 0 aromatic heterocycles. The third-order valence-electron chi connectivity index (χ3n) is 2.90. The van der Waals surface area contributed by atoms with Gasteiger partial charge in [0.1, 0.15) is 0 Å². The lowest BCUT2D eigenvalue weighted by Gasteiger charge is -2.00. The zero-order chi connectivity index (χ0) is 15.8. The molecule has 0 spiro atoms. The predicted octanol–water partition coefficient (Wildman–Crippen LogP) is 3.63. The van der Waals surface area contributed by atoms with Gasteiger partial charge in [0.05, 0.1) is 12.2 Å². The Kier molecular flexibility index (Phi) is 5.41. The van der Waals surface area contributed by atoms with Crippen LogP contribution in [0.3, 0.4) is 0 Å². The van der Waals surface area contributed by atoms with E-state index in [0.29, 0.717) is 12.2 Å². The fourth-order valence-electron chi connectivity index (χ4n) is 1.83. The van der Waals surface area contributed by atoms with Gasteiger partial charge in [0, 0.05) is 16.7 Å². The highest BCUT2D eigenvalue weighted by atomic mass is 16.5. The maximum atomic E-state index is 11.6. The molecule has 0 aliphatic heterocycles. The molecule has 22 heavy (non-hydrogen) atoms. The predicted molar refractivity (Wildman–Crippen MR) is 87.4 cm³/mol. The quantitative estimate of drug-likeness (QED) is 0.623. The molecular weight excluding hydrogens is 272 g/mol. The highest BCUT2D eigenvalue weighted by Crippen LogP contribution is 2.06. The number of carbonyl (C=O) groups is 1. The Hall–Kier alpha value is -2.97. The molecule has 0 radical (unpaired) electrons. The summed E-state index contributed by atoms with van der Waals surface area (Å²) in [6.07, 6.45) is 0. The Bertz CT molecular complexity index is 761. The van der Waals surface area contributed by atoms with E-state index in [1.165, 1.54) is 0 Å². The van der Waals surface area contributed by atoms with Crippen LogP contribution < -0.4 is 0 Å². The minimum atomic E-state index is -0.311. The van der Waals surface area contributed by atoms with Crippen molar-refractivity contribution in [1.29, 1.82) is 0 Å². The molecule has 0 heterocycles. The van der Waals surface area contributed by atoms with E-state index in [1.807, 2.05) is 43.3 Å². The van der Waals surface area contributed by atoms with Crippen molar-refractivity contribution in [2.45, 2.75) is 13.8 Å². The molecule has 2 aromatic rings. The van der Waals surface area contributed by atoms with Gasteiger partial charge in [-0.05, 0) is 62.4 Å². The summed E-state index contributed by atoms with van der Waals surface area (Å²) in [5.41, 5.74) is 3.29. The maximum absolute atomic E-state index is 11.6. The zero-order valence-corrected chi connectivity index (χ0v) is 12.6. The van der Waals surface area contributed by atoms with Gasteiger partial charge in [-0.15, -0.1) is 5.92 Å². The normalized spacial score (nSPS) is 9.00. The molecular formula is C20H16O2. The number of ether oxygens (including phenoxy) is 1.